The quantitative estimate of drug-likeness (QED) is 0.647. The largest absolute Gasteiger partial charge is 0.326 e. The van der Waals surface area contributed by atoms with Crippen molar-refractivity contribution in [2.24, 2.45) is 5.92 Å². The normalized spacial score (nSPS) is 16.2. The molecular weight excluding hydrogens is 338 g/mol. The number of benzene rings is 1. The van der Waals surface area contributed by atoms with E-state index in [0.717, 1.165) is 28.3 Å². The molecule has 0 aliphatic carbocycles. The van der Waals surface area contributed by atoms with E-state index in [4.69, 9.17) is 0 Å². The number of nitriles is 1. The molecule has 1 aliphatic rings. The van der Waals surface area contributed by atoms with Gasteiger partial charge in [0.2, 0.25) is 16.9 Å². The Morgan fingerprint density at radius 1 is 1.40 bits per heavy atom. The minimum absolute atomic E-state index is 0.127. The van der Waals surface area contributed by atoms with Gasteiger partial charge in [-0.05, 0) is 30.7 Å². The van der Waals surface area contributed by atoms with E-state index >= 15 is 0 Å². The Morgan fingerprint density at radius 3 is 2.76 bits per heavy atom. The SMILES string of the molecule is CC(=O)Nc1ccc(-c2cnc(N(C#N)C(=O)C3CCNC3)s2)cc1. The van der Waals surface area contributed by atoms with Crippen LogP contribution in [0.1, 0.15) is 13.3 Å². The van der Waals surface area contributed by atoms with Crippen molar-refractivity contribution >= 4 is 34.0 Å². The number of nitrogens with one attached hydrogen (secondary N) is 2. The molecule has 1 aromatic carbocycles. The predicted molar refractivity (Wildman–Crippen MR) is 95.9 cm³/mol. The lowest BCUT2D eigenvalue weighted by Crippen LogP contribution is -2.33. The molecule has 1 unspecified atom stereocenters. The van der Waals surface area contributed by atoms with Crippen molar-refractivity contribution < 1.29 is 9.59 Å². The molecule has 1 aromatic heterocycles. The first-order valence-corrected chi connectivity index (χ1v) is 8.68. The lowest BCUT2D eigenvalue weighted by Gasteiger charge is -2.14. The molecule has 0 bridgehead atoms. The molecule has 2 amide bonds. The second-order valence-electron chi connectivity index (χ2n) is 5.73. The molecule has 1 saturated heterocycles. The molecule has 1 atom stereocenters. The van der Waals surface area contributed by atoms with E-state index < -0.39 is 0 Å². The molecule has 2 heterocycles. The van der Waals surface area contributed by atoms with Gasteiger partial charge in [-0.2, -0.15) is 10.2 Å². The zero-order chi connectivity index (χ0) is 17.8. The van der Waals surface area contributed by atoms with Crippen LogP contribution in [0.2, 0.25) is 0 Å². The predicted octanol–water partition coefficient (Wildman–Crippen LogP) is 2.19. The van der Waals surface area contributed by atoms with Crippen LogP contribution >= 0.6 is 11.3 Å². The standard InChI is InChI=1S/C17H17N5O2S/c1-11(23)21-14-4-2-12(3-5-14)15-9-20-17(25-15)22(10-18)16(24)13-6-7-19-8-13/h2-5,9,13,19H,6-8H2,1H3,(H,21,23). The Balaban J connectivity index is 1.77. The van der Waals surface area contributed by atoms with Crippen LogP contribution in [-0.2, 0) is 9.59 Å². The molecular formula is C17H17N5O2S. The molecule has 3 rings (SSSR count). The maximum atomic E-state index is 12.5. The topological polar surface area (TPSA) is 98.1 Å². The van der Waals surface area contributed by atoms with Crippen LogP contribution < -0.4 is 15.5 Å². The Kier molecular flexibility index (Phi) is 5.07. The third-order valence-corrected chi connectivity index (χ3v) is 4.94. The second-order valence-corrected chi connectivity index (χ2v) is 6.74. The van der Waals surface area contributed by atoms with Crippen LogP contribution in [0, 0.1) is 17.4 Å². The highest BCUT2D eigenvalue weighted by Gasteiger charge is 2.29. The first-order chi connectivity index (χ1) is 12.1. The molecule has 1 aliphatic heterocycles. The maximum Gasteiger partial charge on any atom is 0.246 e. The van der Waals surface area contributed by atoms with Crippen molar-refractivity contribution in [3.05, 3.63) is 30.5 Å². The van der Waals surface area contributed by atoms with Gasteiger partial charge in [0.1, 0.15) is 0 Å². The third kappa shape index (κ3) is 3.84. The molecule has 2 aromatic rings. The fraction of sp³-hybridized carbons (Fsp3) is 0.294. The van der Waals surface area contributed by atoms with Gasteiger partial charge < -0.3 is 10.6 Å². The van der Waals surface area contributed by atoms with Crippen LogP contribution in [0.5, 0.6) is 0 Å². The smallest absolute Gasteiger partial charge is 0.246 e. The summed E-state index contributed by atoms with van der Waals surface area (Å²) >= 11 is 1.29. The number of hydrogen-bond acceptors (Lipinski definition) is 6. The number of thiazole rings is 1. The molecule has 0 spiro atoms. The number of carbonyl (C=O) groups excluding carboxylic acids is 2. The van der Waals surface area contributed by atoms with Gasteiger partial charge in [0.25, 0.3) is 0 Å². The van der Waals surface area contributed by atoms with Crippen molar-refractivity contribution in [1.82, 2.24) is 10.3 Å². The summed E-state index contributed by atoms with van der Waals surface area (Å²) < 4.78 is 0. The van der Waals surface area contributed by atoms with E-state index in [1.165, 1.54) is 18.3 Å². The number of rotatable bonds is 4. The molecule has 8 heteroatoms. The first kappa shape index (κ1) is 17.1. The monoisotopic (exact) mass is 355 g/mol. The number of hydrogen-bond donors (Lipinski definition) is 2. The van der Waals surface area contributed by atoms with Crippen LogP contribution in [0.25, 0.3) is 10.4 Å². The summed E-state index contributed by atoms with van der Waals surface area (Å²) in [6, 6.07) is 7.32. The van der Waals surface area contributed by atoms with Gasteiger partial charge in [0, 0.05) is 25.4 Å². The summed E-state index contributed by atoms with van der Waals surface area (Å²) in [5.74, 6) is -0.518. The zero-order valence-electron chi connectivity index (χ0n) is 13.7. The van der Waals surface area contributed by atoms with Gasteiger partial charge >= 0.3 is 0 Å². The fourth-order valence-electron chi connectivity index (χ4n) is 2.66. The summed E-state index contributed by atoms with van der Waals surface area (Å²) in [6.07, 6.45) is 4.33. The number of carbonyl (C=O) groups is 2. The molecule has 128 valence electrons. The van der Waals surface area contributed by atoms with Crippen molar-refractivity contribution in [1.29, 1.82) is 5.26 Å². The summed E-state index contributed by atoms with van der Waals surface area (Å²) in [5, 5.41) is 15.6. The van der Waals surface area contributed by atoms with E-state index in [1.807, 2.05) is 18.3 Å². The Hall–Kier alpha value is -2.76. The van der Waals surface area contributed by atoms with Crippen molar-refractivity contribution in [2.45, 2.75) is 13.3 Å². The number of anilines is 2. The van der Waals surface area contributed by atoms with E-state index in [2.05, 4.69) is 15.6 Å². The second kappa shape index (κ2) is 7.42. The molecule has 1 fully saturated rings. The van der Waals surface area contributed by atoms with Gasteiger partial charge in [0.15, 0.2) is 6.19 Å². The molecule has 25 heavy (non-hydrogen) atoms. The van der Waals surface area contributed by atoms with E-state index in [-0.39, 0.29) is 17.7 Å². The third-order valence-electron chi connectivity index (χ3n) is 3.90. The Labute approximate surface area is 149 Å². The van der Waals surface area contributed by atoms with Gasteiger partial charge in [-0.3, -0.25) is 9.59 Å². The van der Waals surface area contributed by atoms with Gasteiger partial charge in [-0.25, -0.2) is 4.98 Å². The minimum Gasteiger partial charge on any atom is -0.326 e. The highest BCUT2D eigenvalue weighted by atomic mass is 32.1. The highest BCUT2D eigenvalue weighted by Crippen LogP contribution is 2.32. The molecule has 0 radical (unpaired) electrons. The highest BCUT2D eigenvalue weighted by molar-refractivity contribution is 7.19. The van der Waals surface area contributed by atoms with E-state index in [1.54, 1.807) is 18.3 Å². The van der Waals surface area contributed by atoms with E-state index in [0.29, 0.717) is 17.4 Å². The van der Waals surface area contributed by atoms with Crippen LogP contribution in [-0.4, -0.2) is 29.9 Å². The van der Waals surface area contributed by atoms with Crippen molar-refractivity contribution in [3.63, 3.8) is 0 Å². The maximum absolute atomic E-state index is 12.5. The van der Waals surface area contributed by atoms with Crippen molar-refractivity contribution in [3.8, 4) is 16.6 Å². The van der Waals surface area contributed by atoms with E-state index in [9.17, 15) is 14.9 Å². The van der Waals surface area contributed by atoms with Crippen LogP contribution in [0.15, 0.2) is 30.5 Å². The van der Waals surface area contributed by atoms with Crippen LogP contribution in [0.3, 0.4) is 0 Å². The lowest BCUT2D eigenvalue weighted by molar-refractivity contribution is -0.121. The molecule has 2 N–H and O–H groups in total. The summed E-state index contributed by atoms with van der Waals surface area (Å²) in [6.45, 7) is 2.84. The lowest BCUT2D eigenvalue weighted by atomic mass is 10.1. The van der Waals surface area contributed by atoms with Gasteiger partial charge in [-0.15, -0.1) is 0 Å². The molecule has 7 nitrogen and oxygen atoms in total. The zero-order valence-corrected chi connectivity index (χ0v) is 14.5. The summed E-state index contributed by atoms with van der Waals surface area (Å²) in [7, 11) is 0. The number of aromatic nitrogens is 1. The van der Waals surface area contributed by atoms with Crippen LogP contribution in [0.4, 0.5) is 10.8 Å². The molecule has 0 saturated carbocycles. The minimum atomic E-state index is -0.214. The Morgan fingerprint density at radius 2 is 2.16 bits per heavy atom. The first-order valence-electron chi connectivity index (χ1n) is 7.87. The summed E-state index contributed by atoms with van der Waals surface area (Å²) in [4.78, 5) is 29.7. The fourth-order valence-corrected chi connectivity index (χ4v) is 3.54. The van der Waals surface area contributed by atoms with Gasteiger partial charge in [-0.1, -0.05) is 23.5 Å². The van der Waals surface area contributed by atoms with Crippen molar-refractivity contribution in [2.75, 3.05) is 23.3 Å². The number of nitrogens with zero attached hydrogens (tertiary/aromatic N) is 3. The summed E-state index contributed by atoms with van der Waals surface area (Å²) in [5.41, 5.74) is 1.62. The average molecular weight is 355 g/mol. The Bertz CT molecular complexity index is 818. The average Bonchev–Trinajstić information content (AvgIpc) is 3.28. The number of amides is 2. The van der Waals surface area contributed by atoms with Gasteiger partial charge in [0.05, 0.1) is 10.8 Å².